The first kappa shape index (κ1) is 17.2. The summed E-state index contributed by atoms with van der Waals surface area (Å²) in [7, 11) is 0. The Labute approximate surface area is 122 Å². The summed E-state index contributed by atoms with van der Waals surface area (Å²) < 4.78 is 40.6. The number of hydrogen-bond acceptors (Lipinski definition) is 4. The normalized spacial score (nSPS) is 11.2. The van der Waals surface area contributed by atoms with Crippen molar-refractivity contribution in [3.63, 3.8) is 0 Å². The first-order chi connectivity index (χ1) is 9.69. The van der Waals surface area contributed by atoms with Crippen molar-refractivity contribution in [2.45, 2.75) is 19.0 Å². The number of halogens is 3. The molecule has 0 aliphatic carbocycles. The van der Waals surface area contributed by atoms with Crippen molar-refractivity contribution >= 4 is 23.8 Å². The molecule has 0 unspecified atom stereocenters. The molecule has 0 fully saturated rings. The summed E-state index contributed by atoms with van der Waals surface area (Å²) in [6.07, 6.45) is 0. The highest BCUT2D eigenvalue weighted by molar-refractivity contribution is 8.00. The largest absolute Gasteiger partial charge is 0.478 e. The van der Waals surface area contributed by atoms with Crippen molar-refractivity contribution in [1.29, 1.82) is 0 Å². The number of carbonyl (C=O) groups is 2. The zero-order valence-electron chi connectivity index (χ0n) is 10.9. The molecular formula is C11H13F3N2O4S. The molecule has 1 aromatic rings. The fraction of sp³-hybridized carbons (Fsp3) is 0.455. The number of carboxylic acid groups (broad SMARTS) is 1. The summed E-state index contributed by atoms with van der Waals surface area (Å²) in [4.78, 5) is 22.1. The SMILES string of the molecule is Cc1oc(CNC(=O)NCCSC(F)(F)F)cc1C(=O)O. The van der Waals surface area contributed by atoms with Crippen LogP contribution in [0.2, 0.25) is 0 Å². The van der Waals surface area contributed by atoms with Crippen LogP contribution in [0, 0.1) is 6.92 Å². The molecule has 1 rings (SSSR count). The van der Waals surface area contributed by atoms with Crippen LogP contribution in [0.15, 0.2) is 10.5 Å². The minimum absolute atomic E-state index is 0.00575. The smallest absolute Gasteiger partial charge is 0.441 e. The van der Waals surface area contributed by atoms with E-state index < -0.39 is 17.5 Å². The number of furan rings is 1. The third-order valence-electron chi connectivity index (χ3n) is 2.28. The molecule has 0 atom stereocenters. The van der Waals surface area contributed by atoms with Gasteiger partial charge in [0.15, 0.2) is 0 Å². The van der Waals surface area contributed by atoms with Gasteiger partial charge in [-0.15, -0.1) is 0 Å². The van der Waals surface area contributed by atoms with Gasteiger partial charge in [0, 0.05) is 12.3 Å². The molecule has 118 valence electrons. The molecule has 0 radical (unpaired) electrons. The maximum Gasteiger partial charge on any atom is 0.441 e. The topological polar surface area (TPSA) is 91.6 Å². The summed E-state index contributed by atoms with van der Waals surface area (Å²) in [5, 5.41) is 13.4. The first-order valence-corrected chi connectivity index (χ1v) is 6.72. The summed E-state index contributed by atoms with van der Waals surface area (Å²) >= 11 is -0.228. The lowest BCUT2D eigenvalue weighted by atomic mass is 10.2. The summed E-state index contributed by atoms with van der Waals surface area (Å²) in [6.45, 7) is 1.27. The second-order valence-electron chi connectivity index (χ2n) is 3.89. The van der Waals surface area contributed by atoms with Gasteiger partial charge in [-0.3, -0.25) is 0 Å². The summed E-state index contributed by atoms with van der Waals surface area (Å²) in [5.41, 5.74) is -4.33. The molecule has 0 saturated heterocycles. The minimum Gasteiger partial charge on any atom is -0.478 e. The zero-order valence-corrected chi connectivity index (χ0v) is 11.7. The number of thioether (sulfide) groups is 1. The maximum absolute atomic E-state index is 11.8. The van der Waals surface area contributed by atoms with Crippen LogP contribution >= 0.6 is 11.8 Å². The molecule has 0 aromatic carbocycles. The molecule has 6 nitrogen and oxygen atoms in total. The number of aryl methyl sites for hydroxylation is 1. The van der Waals surface area contributed by atoms with Gasteiger partial charge in [-0.1, -0.05) is 0 Å². The number of urea groups is 1. The van der Waals surface area contributed by atoms with Gasteiger partial charge in [-0.25, -0.2) is 9.59 Å². The van der Waals surface area contributed by atoms with Crippen LogP contribution in [0.5, 0.6) is 0 Å². The van der Waals surface area contributed by atoms with Gasteiger partial charge in [0.25, 0.3) is 0 Å². The van der Waals surface area contributed by atoms with Crippen LogP contribution in [0.3, 0.4) is 0 Å². The number of carbonyl (C=O) groups excluding carboxylic acids is 1. The Bertz CT molecular complexity index is 516. The maximum atomic E-state index is 11.8. The van der Waals surface area contributed by atoms with Crippen LogP contribution < -0.4 is 10.6 Å². The van der Waals surface area contributed by atoms with Gasteiger partial charge in [0.1, 0.15) is 17.1 Å². The number of hydrogen-bond donors (Lipinski definition) is 3. The number of aromatic carboxylic acids is 1. The molecule has 0 bridgehead atoms. The van der Waals surface area contributed by atoms with E-state index in [0.29, 0.717) is 0 Å². The predicted molar refractivity (Wildman–Crippen MR) is 69.2 cm³/mol. The van der Waals surface area contributed by atoms with Crippen molar-refractivity contribution in [3.8, 4) is 0 Å². The van der Waals surface area contributed by atoms with Crippen LogP contribution in [0.4, 0.5) is 18.0 Å². The summed E-state index contributed by atoms with van der Waals surface area (Å²) in [6, 6.07) is 0.612. The van der Waals surface area contributed by atoms with E-state index in [4.69, 9.17) is 9.52 Å². The fourth-order valence-electron chi connectivity index (χ4n) is 1.40. The van der Waals surface area contributed by atoms with Crippen LogP contribution in [-0.4, -0.2) is 34.9 Å². The molecule has 0 spiro atoms. The van der Waals surface area contributed by atoms with E-state index in [1.807, 2.05) is 0 Å². The molecule has 0 aliphatic rings. The first-order valence-electron chi connectivity index (χ1n) is 5.74. The van der Waals surface area contributed by atoms with Gasteiger partial charge in [-0.2, -0.15) is 13.2 Å². The van der Waals surface area contributed by atoms with E-state index in [-0.39, 0.29) is 47.7 Å². The van der Waals surface area contributed by atoms with Gasteiger partial charge >= 0.3 is 17.5 Å². The van der Waals surface area contributed by atoms with Crippen molar-refractivity contribution in [1.82, 2.24) is 10.6 Å². The molecule has 1 heterocycles. The second kappa shape index (κ2) is 7.25. The number of nitrogens with one attached hydrogen (secondary N) is 2. The number of alkyl halides is 3. The van der Waals surface area contributed by atoms with Crippen molar-refractivity contribution in [3.05, 3.63) is 23.2 Å². The standard InChI is InChI=1S/C11H13F3N2O4S/c1-6-8(9(17)18)4-7(20-6)5-16-10(19)15-2-3-21-11(12,13)14/h4H,2-3,5H2,1H3,(H,17,18)(H2,15,16,19). The highest BCUT2D eigenvalue weighted by Gasteiger charge is 2.27. The van der Waals surface area contributed by atoms with E-state index >= 15 is 0 Å². The number of rotatable bonds is 6. The third kappa shape index (κ3) is 6.43. The highest BCUT2D eigenvalue weighted by atomic mass is 32.2. The third-order valence-corrected chi connectivity index (χ3v) is 3.01. The van der Waals surface area contributed by atoms with Gasteiger partial charge in [-0.05, 0) is 24.8 Å². The quantitative estimate of drug-likeness (QED) is 0.698. The molecule has 0 saturated carbocycles. The Kier molecular flexibility index (Phi) is 5.94. The van der Waals surface area contributed by atoms with Crippen LogP contribution in [0.25, 0.3) is 0 Å². The van der Waals surface area contributed by atoms with Crippen molar-refractivity contribution in [2.75, 3.05) is 12.3 Å². The average Bonchev–Trinajstić information content (AvgIpc) is 2.72. The molecule has 21 heavy (non-hydrogen) atoms. The molecular weight excluding hydrogens is 313 g/mol. The van der Waals surface area contributed by atoms with Gasteiger partial charge in [0.2, 0.25) is 0 Å². The average molecular weight is 326 g/mol. The Hall–Kier alpha value is -1.84. The van der Waals surface area contributed by atoms with Crippen LogP contribution in [-0.2, 0) is 6.54 Å². The molecule has 3 N–H and O–H groups in total. The lowest BCUT2D eigenvalue weighted by Gasteiger charge is -2.07. The molecule has 2 amide bonds. The lowest BCUT2D eigenvalue weighted by molar-refractivity contribution is -0.0327. The monoisotopic (exact) mass is 326 g/mol. The fourth-order valence-corrected chi connectivity index (χ4v) is 1.84. The molecule has 0 aliphatic heterocycles. The van der Waals surface area contributed by atoms with Crippen LogP contribution in [0.1, 0.15) is 21.9 Å². The Balaban J connectivity index is 2.30. The lowest BCUT2D eigenvalue weighted by Crippen LogP contribution is -2.36. The Morgan fingerprint density at radius 2 is 2.05 bits per heavy atom. The Morgan fingerprint density at radius 3 is 2.57 bits per heavy atom. The number of carboxylic acids is 1. The van der Waals surface area contributed by atoms with E-state index in [9.17, 15) is 22.8 Å². The summed E-state index contributed by atoms with van der Waals surface area (Å²) in [5.74, 6) is -0.984. The van der Waals surface area contributed by atoms with E-state index in [0.717, 1.165) is 0 Å². The van der Waals surface area contributed by atoms with E-state index in [1.54, 1.807) is 0 Å². The number of amides is 2. The second-order valence-corrected chi connectivity index (χ2v) is 5.05. The van der Waals surface area contributed by atoms with E-state index in [1.165, 1.54) is 13.0 Å². The van der Waals surface area contributed by atoms with Crippen molar-refractivity contribution in [2.24, 2.45) is 0 Å². The highest BCUT2D eigenvalue weighted by Crippen LogP contribution is 2.29. The van der Waals surface area contributed by atoms with Crippen molar-refractivity contribution < 1.29 is 32.3 Å². The van der Waals surface area contributed by atoms with Gasteiger partial charge in [0.05, 0.1) is 6.54 Å². The molecule has 1 aromatic heterocycles. The Morgan fingerprint density at radius 1 is 1.38 bits per heavy atom. The van der Waals surface area contributed by atoms with E-state index in [2.05, 4.69) is 10.6 Å². The predicted octanol–water partition coefficient (Wildman–Crippen LogP) is 2.34. The zero-order chi connectivity index (χ0) is 16.0. The molecule has 10 heteroatoms. The van der Waals surface area contributed by atoms with Gasteiger partial charge < -0.3 is 20.2 Å². The minimum atomic E-state index is -4.32.